The highest BCUT2D eigenvalue weighted by molar-refractivity contribution is 7.89. The number of hydrogen-bond donors (Lipinski definition) is 1. The fourth-order valence-electron chi connectivity index (χ4n) is 2.41. The summed E-state index contributed by atoms with van der Waals surface area (Å²) >= 11 is 0. The SMILES string of the molecule is Cc1c(F)cc(C(=O)O)cc1S(=O)(=O)N1CCC(C)CC1. The van der Waals surface area contributed by atoms with E-state index < -0.39 is 21.8 Å². The predicted octanol–water partition coefficient (Wildman–Crippen LogP) is 2.25. The number of sulfonamides is 1. The van der Waals surface area contributed by atoms with Gasteiger partial charge in [0.25, 0.3) is 0 Å². The van der Waals surface area contributed by atoms with Crippen molar-refractivity contribution in [3.8, 4) is 0 Å². The van der Waals surface area contributed by atoms with Crippen LogP contribution in [0.4, 0.5) is 4.39 Å². The predicted molar refractivity (Wildman–Crippen MR) is 75.3 cm³/mol. The Bertz CT molecular complexity index is 664. The summed E-state index contributed by atoms with van der Waals surface area (Å²) in [4.78, 5) is 10.7. The van der Waals surface area contributed by atoms with Crippen LogP contribution < -0.4 is 0 Å². The van der Waals surface area contributed by atoms with Crippen molar-refractivity contribution in [1.82, 2.24) is 4.31 Å². The summed E-state index contributed by atoms with van der Waals surface area (Å²) in [6.45, 7) is 4.16. The van der Waals surface area contributed by atoms with E-state index in [4.69, 9.17) is 5.11 Å². The van der Waals surface area contributed by atoms with Gasteiger partial charge in [0.1, 0.15) is 5.82 Å². The largest absolute Gasteiger partial charge is 0.478 e. The summed E-state index contributed by atoms with van der Waals surface area (Å²) in [5, 5.41) is 8.96. The van der Waals surface area contributed by atoms with Gasteiger partial charge in [-0.05, 0) is 37.8 Å². The van der Waals surface area contributed by atoms with Gasteiger partial charge in [0.15, 0.2) is 0 Å². The van der Waals surface area contributed by atoms with Crippen LogP contribution in [0.2, 0.25) is 0 Å². The minimum Gasteiger partial charge on any atom is -0.478 e. The molecule has 1 heterocycles. The minimum atomic E-state index is -3.86. The summed E-state index contributed by atoms with van der Waals surface area (Å²) < 4.78 is 40.3. The van der Waals surface area contributed by atoms with Crippen LogP contribution >= 0.6 is 0 Å². The lowest BCUT2D eigenvalue weighted by molar-refractivity contribution is 0.0696. The molecule has 0 amide bonds. The Labute approximate surface area is 123 Å². The molecule has 0 unspecified atom stereocenters. The van der Waals surface area contributed by atoms with Crippen LogP contribution in [0.15, 0.2) is 17.0 Å². The molecule has 0 aliphatic carbocycles. The molecule has 7 heteroatoms. The van der Waals surface area contributed by atoms with Crippen LogP contribution in [-0.2, 0) is 10.0 Å². The Morgan fingerprint density at radius 1 is 1.33 bits per heavy atom. The molecule has 1 aliphatic heterocycles. The van der Waals surface area contributed by atoms with Gasteiger partial charge in [0.2, 0.25) is 10.0 Å². The van der Waals surface area contributed by atoms with Gasteiger partial charge in [-0.15, -0.1) is 0 Å². The third kappa shape index (κ3) is 3.08. The molecule has 0 saturated carbocycles. The molecule has 0 bridgehead atoms. The smallest absolute Gasteiger partial charge is 0.335 e. The number of carboxylic acids is 1. The maximum atomic E-state index is 13.8. The average Bonchev–Trinajstić information content (AvgIpc) is 2.41. The summed E-state index contributed by atoms with van der Waals surface area (Å²) in [5.41, 5.74) is -0.402. The molecule has 116 valence electrons. The number of carboxylic acid groups (broad SMARTS) is 1. The van der Waals surface area contributed by atoms with Crippen LogP contribution in [0.5, 0.6) is 0 Å². The standard InChI is InChI=1S/C14H18FNO4S/c1-9-3-5-16(6-4-9)21(19,20)13-8-11(14(17)18)7-12(15)10(13)2/h7-9H,3-6H2,1-2H3,(H,17,18). The lowest BCUT2D eigenvalue weighted by atomic mass is 10.0. The molecule has 1 aliphatic rings. The van der Waals surface area contributed by atoms with E-state index in [2.05, 4.69) is 6.92 Å². The second-order valence-electron chi connectivity index (χ2n) is 5.47. The molecule has 21 heavy (non-hydrogen) atoms. The number of carbonyl (C=O) groups is 1. The van der Waals surface area contributed by atoms with Crippen LogP contribution in [0.1, 0.15) is 35.7 Å². The molecule has 2 rings (SSSR count). The van der Waals surface area contributed by atoms with Gasteiger partial charge < -0.3 is 5.11 Å². The molecule has 0 atom stereocenters. The molecule has 0 aromatic heterocycles. The second-order valence-corrected chi connectivity index (χ2v) is 7.38. The zero-order chi connectivity index (χ0) is 15.8. The summed E-state index contributed by atoms with van der Waals surface area (Å²) in [6.07, 6.45) is 1.50. The Kier molecular flexibility index (Phi) is 4.34. The molecule has 1 N–H and O–H groups in total. The third-order valence-electron chi connectivity index (χ3n) is 3.90. The third-order valence-corrected chi connectivity index (χ3v) is 5.93. The van der Waals surface area contributed by atoms with Gasteiger partial charge in [-0.1, -0.05) is 6.92 Å². The quantitative estimate of drug-likeness (QED) is 0.928. The number of rotatable bonds is 3. The summed E-state index contributed by atoms with van der Waals surface area (Å²) in [6, 6.07) is 1.88. The average molecular weight is 315 g/mol. The van der Waals surface area contributed by atoms with Crippen molar-refractivity contribution >= 4 is 16.0 Å². The summed E-state index contributed by atoms with van der Waals surface area (Å²) in [7, 11) is -3.86. The van der Waals surface area contributed by atoms with Crippen LogP contribution in [0.3, 0.4) is 0 Å². The Morgan fingerprint density at radius 3 is 2.43 bits per heavy atom. The monoisotopic (exact) mass is 315 g/mol. The van der Waals surface area contributed by atoms with E-state index in [1.54, 1.807) is 0 Å². The van der Waals surface area contributed by atoms with Crippen LogP contribution in [-0.4, -0.2) is 36.9 Å². The van der Waals surface area contributed by atoms with E-state index in [0.717, 1.165) is 25.0 Å². The Hall–Kier alpha value is -1.47. The fraction of sp³-hybridized carbons (Fsp3) is 0.500. The van der Waals surface area contributed by atoms with E-state index in [1.807, 2.05) is 0 Å². The van der Waals surface area contributed by atoms with E-state index >= 15 is 0 Å². The van der Waals surface area contributed by atoms with E-state index in [0.29, 0.717) is 19.0 Å². The van der Waals surface area contributed by atoms with Crippen molar-refractivity contribution in [3.63, 3.8) is 0 Å². The maximum absolute atomic E-state index is 13.8. The van der Waals surface area contributed by atoms with Gasteiger partial charge in [-0.25, -0.2) is 17.6 Å². The first-order valence-electron chi connectivity index (χ1n) is 6.77. The van der Waals surface area contributed by atoms with Crippen molar-refractivity contribution in [2.45, 2.75) is 31.6 Å². The van der Waals surface area contributed by atoms with Crippen molar-refractivity contribution in [2.75, 3.05) is 13.1 Å². The highest BCUT2D eigenvalue weighted by Gasteiger charge is 2.30. The first-order valence-corrected chi connectivity index (χ1v) is 8.21. The Balaban J connectivity index is 2.47. The first-order chi connectivity index (χ1) is 9.73. The molecule has 0 spiro atoms. The number of halogens is 1. The van der Waals surface area contributed by atoms with Crippen LogP contribution in [0.25, 0.3) is 0 Å². The van der Waals surface area contributed by atoms with Gasteiger partial charge in [-0.2, -0.15) is 4.31 Å². The fourth-order valence-corrected chi connectivity index (χ4v) is 4.14. The molecular weight excluding hydrogens is 297 g/mol. The minimum absolute atomic E-state index is 0.0429. The lowest BCUT2D eigenvalue weighted by Gasteiger charge is -2.30. The van der Waals surface area contributed by atoms with Gasteiger partial charge in [0.05, 0.1) is 10.5 Å². The number of hydrogen-bond acceptors (Lipinski definition) is 3. The number of aromatic carboxylic acids is 1. The molecule has 1 fully saturated rings. The van der Waals surface area contributed by atoms with E-state index in [1.165, 1.54) is 11.2 Å². The van der Waals surface area contributed by atoms with Crippen molar-refractivity contribution in [3.05, 3.63) is 29.1 Å². The van der Waals surface area contributed by atoms with Crippen molar-refractivity contribution in [2.24, 2.45) is 5.92 Å². The topological polar surface area (TPSA) is 74.7 Å². The number of nitrogens with zero attached hydrogens (tertiary/aromatic N) is 1. The number of benzene rings is 1. The lowest BCUT2D eigenvalue weighted by Crippen LogP contribution is -2.38. The highest BCUT2D eigenvalue weighted by atomic mass is 32.2. The molecular formula is C14H18FNO4S. The van der Waals surface area contributed by atoms with Gasteiger partial charge in [-0.3, -0.25) is 0 Å². The maximum Gasteiger partial charge on any atom is 0.335 e. The number of piperidine rings is 1. The molecule has 0 radical (unpaired) electrons. The van der Waals surface area contributed by atoms with Crippen molar-refractivity contribution < 1.29 is 22.7 Å². The zero-order valence-electron chi connectivity index (χ0n) is 12.0. The van der Waals surface area contributed by atoms with E-state index in [9.17, 15) is 17.6 Å². The normalized spacial score (nSPS) is 17.9. The first kappa shape index (κ1) is 15.9. The summed E-state index contributed by atoms with van der Waals surface area (Å²) in [5.74, 6) is -1.71. The van der Waals surface area contributed by atoms with Gasteiger partial charge in [0, 0.05) is 18.7 Å². The van der Waals surface area contributed by atoms with Crippen LogP contribution in [0, 0.1) is 18.7 Å². The molecule has 5 nitrogen and oxygen atoms in total. The van der Waals surface area contributed by atoms with E-state index in [-0.39, 0.29) is 16.0 Å². The zero-order valence-corrected chi connectivity index (χ0v) is 12.8. The Morgan fingerprint density at radius 2 is 1.90 bits per heavy atom. The molecule has 1 saturated heterocycles. The highest BCUT2D eigenvalue weighted by Crippen LogP contribution is 2.27. The molecule has 1 aromatic rings. The van der Waals surface area contributed by atoms with Crippen molar-refractivity contribution in [1.29, 1.82) is 0 Å². The molecule has 1 aromatic carbocycles. The van der Waals surface area contributed by atoms with Gasteiger partial charge >= 0.3 is 5.97 Å². The second kappa shape index (κ2) is 5.73.